The third kappa shape index (κ3) is 3.97. The van der Waals surface area contributed by atoms with Crippen molar-refractivity contribution in [3.8, 4) is 0 Å². The number of aryl methyl sites for hydroxylation is 1. The fourth-order valence-corrected chi connectivity index (χ4v) is 4.16. The zero-order chi connectivity index (χ0) is 21.4. The van der Waals surface area contributed by atoms with Gasteiger partial charge in [0.25, 0.3) is 0 Å². The lowest BCUT2D eigenvalue weighted by molar-refractivity contribution is 0.120. The maximum absolute atomic E-state index is 5.92. The summed E-state index contributed by atoms with van der Waals surface area (Å²) in [4.78, 5) is 17.4. The molecule has 0 unspecified atom stereocenters. The standard InChI is InChI=1S/C22H25N9/c1-14-6-7-15-4-2-3-5-16(15)17(14)12-30-8-10-31(11-9-30)13-18-25-19-20(23)26-22(24)27-21(19)29-28-18/h2-7H,8-13H2,1H3,(H4,23,24,26,27,29). The maximum Gasteiger partial charge on any atom is 0.224 e. The first-order valence-electron chi connectivity index (χ1n) is 10.4. The molecular weight excluding hydrogens is 390 g/mol. The number of hydrogen-bond acceptors (Lipinski definition) is 9. The van der Waals surface area contributed by atoms with Crippen molar-refractivity contribution >= 4 is 33.7 Å². The second-order valence-electron chi connectivity index (χ2n) is 8.00. The van der Waals surface area contributed by atoms with E-state index in [1.165, 1.54) is 21.9 Å². The molecule has 0 aliphatic carbocycles. The Kier molecular flexibility index (Phi) is 5.05. The van der Waals surface area contributed by atoms with E-state index in [1.807, 2.05) is 0 Å². The van der Waals surface area contributed by atoms with Crippen molar-refractivity contribution < 1.29 is 0 Å². The number of piperazine rings is 1. The first kappa shape index (κ1) is 19.5. The predicted octanol–water partition coefficient (Wildman–Crippen LogP) is 1.76. The third-order valence-electron chi connectivity index (χ3n) is 5.90. The van der Waals surface area contributed by atoms with Crippen molar-refractivity contribution in [3.63, 3.8) is 0 Å². The summed E-state index contributed by atoms with van der Waals surface area (Å²) in [6.45, 7) is 7.65. The van der Waals surface area contributed by atoms with Gasteiger partial charge in [0.05, 0.1) is 6.54 Å². The SMILES string of the molecule is Cc1ccc2ccccc2c1CN1CCN(Cc2nnc3nc(N)nc(N)c3n2)CC1. The molecule has 4 aromatic rings. The van der Waals surface area contributed by atoms with Crippen molar-refractivity contribution in [2.45, 2.75) is 20.0 Å². The highest BCUT2D eigenvalue weighted by atomic mass is 15.3. The molecule has 0 amide bonds. The van der Waals surface area contributed by atoms with Crippen molar-refractivity contribution in [2.24, 2.45) is 0 Å². The van der Waals surface area contributed by atoms with Crippen molar-refractivity contribution in [3.05, 3.63) is 53.3 Å². The number of benzene rings is 2. The van der Waals surface area contributed by atoms with Crippen LogP contribution in [0.25, 0.3) is 21.9 Å². The van der Waals surface area contributed by atoms with Crippen LogP contribution in [0.3, 0.4) is 0 Å². The highest BCUT2D eigenvalue weighted by Gasteiger charge is 2.20. The molecule has 0 radical (unpaired) electrons. The first-order valence-corrected chi connectivity index (χ1v) is 10.4. The largest absolute Gasteiger partial charge is 0.382 e. The van der Waals surface area contributed by atoms with E-state index in [1.54, 1.807) is 0 Å². The van der Waals surface area contributed by atoms with Gasteiger partial charge in [0, 0.05) is 32.7 Å². The van der Waals surface area contributed by atoms with Gasteiger partial charge in [0.1, 0.15) is 0 Å². The van der Waals surface area contributed by atoms with Crippen LogP contribution in [-0.4, -0.2) is 61.1 Å². The van der Waals surface area contributed by atoms with Crippen LogP contribution in [0.2, 0.25) is 0 Å². The smallest absolute Gasteiger partial charge is 0.224 e. The maximum atomic E-state index is 5.92. The molecule has 3 heterocycles. The van der Waals surface area contributed by atoms with Gasteiger partial charge in [-0.15, -0.1) is 10.2 Å². The van der Waals surface area contributed by atoms with Crippen LogP contribution in [0.4, 0.5) is 11.8 Å². The quantitative estimate of drug-likeness (QED) is 0.513. The van der Waals surface area contributed by atoms with E-state index >= 15 is 0 Å². The van der Waals surface area contributed by atoms with Gasteiger partial charge in [-0.05, 0) is 28.8 Å². The Morgan fingerprint density at radius 2 is 1.58 bits per heavy atom. The topological polar surface area (TPSA) is 123 Å². The number of aromatic nitrogens is 5. The minimum absolute atomic E-state index is 0.0754. The van der Waals surface area contributed by atoms with Crippen LogP contribution in [-0.2, 0) is 13.1 Å². The lowest BCUT2D eigenvalue weighted by atomic mass is 9.99. The van der Waals surface area contributed by atoms with Crippen molar-refractivity contribution in [1.82, 2.24) is 34.9 Å². The number of rotatable bonds is 4. The van der Waals surface area contributed by atoms with Crippen LogP contribution >= 0.6 is 0 Å². The molecule has 31 heavy (non-hydrogen) atoms. The molecule has 2 aromatic heterocycles. The summed E-state index contributed by atoms with van der Waals surface area (Å²) in [7, 11) is 0. The molecule has 1 fully saturated rings. The van der Waals surface area contributed by atoms with Gasteiger partial charge in [-0.1, -0.05) is 36.4 Å². The van der Waals surface area contributed by atoms with E-state index in [-0.39, 0.29) is 11.8 Å². The van der Waals surface area contributed by atoms with E-state index in [0.29, 0.717) is 23.5 Å². The Labute approximate surface area is 180 Å². The Hall–Kier alpha value is -3.43. The molecule has 0 bridgehead atoms. The lowest BCUT2D eigenvalue weighted by Crippen LogP contribution is -2.45. The van der Waals surface area contributed by atoms with Gasteiger partial charge in [0.2, 0.25) is 11.6 Å². The van der Waals surface area contributed by atoms with Crippen LogP contribution in [0.5, 0.6) is 0 Å². The first-order chi connectivity index (χ1) is 15.1. The number of nitrogens with two attached hydrogens (primary N) is 2. The van der Waals surface area contributed by atoms with Gasteiger partial charge in [-0.3, -0.25) is 9.80 Å². The van der Waals surface area contributed by atoms with E-state index in [9.17, 15) is 0 Å². The van der Waals surface area contributed by atoms with Crippen LogP contribution < -0.4 is 11.5 Å². The van der Waals surface area contributed by atoms with Crippen molar-refractivity contribution in [1.29, 1.82) is 0 Å². The lowest BCUT2D eigenvalue weighted by Gasteiger charge is -2.34. The number of hydrogen-bond donors (Lipinski definition) is 2. The molecule has 9 nitrogen and oxygen atoms in total. The van der Waals surface area contributed by atoms with E-state index in [0.717, 1.165) is 32.7 Å². The Bertz CT molecular complexity index is 1250. The number of nitrogens with zero attached hydrogens (tertiary/aromatic N) is 7. The summed E-state index contributed by atoms with van der Waals surface area (Å²) in [6.07, 6.45) is 0. The Morgan fingerprint density at radius 1 is 0.839 bits per heavy atom. The summed E-state index contributed by atoms with van der Waals surface area (Å²) in [6, 6.07) is 13.0. The van der Waals surface area contributed by atoms with Crippen LogP contribution in [0.15, 0.2) is 36.4 Å². The zero-order valence-electron chi connectivity index (χ0n) is 17.5. The number of nitrogen functional groups attached to an aromatic ring is 2. The van der Waals surface area contributed by atoms with Gasteiger partial charge >= 0.3 is 0 Å². The summed E-state index contributed by atoms with van der Waals surface area (Å²) in [5, 5.41) is 11.0. The van der Waals surface area contributed by atoms with Gasteiger partial charge < -0.3 is 11.5 Å². The van der Waals surface area contributed by atoms with E-state index in [2.05, 4.69) is 78.3 Å². The molecule has 9 heteroatoms. The zero-order valence-corrected chi connectivity index (χ0v) is 17.5. The molecule has 0 saturated carbocycles. The highest BCUT2D eigenvalue weighted by Crippen LogP contribution is 2.24. The fraction of sp³-hybridized carbons (Fsp3) is 0.318. The summed E-state index contributed by atoms with van der Waals surface area (Å²) in [5.74, 6) is 0.922. The molecule has 4 N–H and O–H groups in total. The second kappa shape index (κ2) is 8.01. The normalized spacial score (nSPS) is 15.6. The summed E-state index contributed by atoms with van der Waals surface area (Å²) >= 11 is 0. The third-order valence-corrected chi connectivity index (χ3v) is 5.90. The van der Waals surface area contributed by atoms with Gasteiger partial charge in [-0.25, -0.2) is 4.98 Å². The van der Waals surface area contributed by atoms with E-state index in [4.69, 9.17) is 11.5 Å². The Balaban J connectivity index is 1.25. The van der Waals surface area contributed by atoms with E-state index < -0.39 is 0 Å². The molecule has 0 spiro atoms. The minimum Gasteiger partial charge on any atom is -0.382 e. The summed E-state index contributed by atoms with van der Waals surface area (Å²) in [5.41, 5.74) is 15.1. The fourth-order valence-electron chi connectivity index (χ4n) is 4.16. The molecule has 5 rings (SSSR count). The molecule has 1 saturated heterocycles. The average Bonchev–Trinajstić information content (AvgIpc) is 2.77. The molecule has 1 aliphatic rings. The summed E-state index contributed by atoms with van der Waals surface area (Å²) < 4.78 is 0. The molecule has 1 aliphatic heterocycles. The molecule has 0 atom stereocenters. The second-order valence-corrected chi connectivity index (χ2v) is 8.00. The molecular formula is C22H25N9. The monoisotopic (exact) mass is 415 g/mol. The predicted molar refractivity (Wildman–Crippen MR) is 121 cm³/mol. The minimum atomic E-state index is 0.0754. The average molecular weight is 416 g/mol. The van der Waals surface area contributed by atoms with Crippen LogP contribution in [0.1, 0.15) is 17.0 Å². The molecule has 158 valence electrons. The number of anilines is 2. The Morgan fingerprint density at radius 3 is 2.39 bits per heavy atom. The van der Waals surface area contributed by atoms with Crippen molar-refractivity contribution in [2.75, 3.05) is 37.6 Å². The van der Waals surface area contributed by atoms with Gasteiger partial charge in [0.15, 0.2) is 17.2 Å². The number of fused-ring (bicyclic) bond motifs is 2. The van der Waals surface area contributed by atoms with Gasteiger partial charge in [-0.2, -0.15) is 9.97 Å². The highest BCUT2D eigenvalue weighted by molar-refractivity contribution is 5.86. The molecule has 2 aromatic carbocycles. The van der Waals surface area contributed by atoms with Crippen LogP contribution in [0, 0.1) is 6.92 Å².